The van der Waals surface area contributed by atoms with Crippen molar-refractivity contribution in [3.8, 4) is 0 Å². The van der Waals surface area contributed by atoms with Gasteiger partial charge < -0.3 is 9.84 Å². The van der Waals surface area contributed by atoms with E-state index in [-0.39, 0.29) is 11.7 Å². The Bertz CT molecular complexity index is 253. The van der Waals surface area contributed by atoms with Gasteiger partial charge in [-0.1, -0.05) is 0 Å². The summed E-state index contributed by atoms with van der Waals surface area (Å²) in [6, 6.07) is 0. The predicted molar refractivity (Wildman–Crippen MR) is 35.2 cm³/mol. The molecule has 1 aliphatic rings. The van der Waals surface area contributed by atoms with Crippen molar-refractivity contribution in [3.63, 3.8) is 0 Å². The maximum absolute atomic E-state index is 10.4. The summed E-state index contributed by atoms with van der Waals surface area (Å²) in [5.41, 5.74) is 0. The van der Waals surface area contributed by atoms with E-state index in [9.17, 15) is 9.59 Å². The largest absolute Gasteiger partial charge is 0.479 e. The second-order valence-electron chi connectivity index (χ2n) is 1.83. The minimum absolute atomic E-state index is 0.0531. The molecule has 0 radical (unpaired) electrons. The molecule has 11 heavy (non-hydrogen) atoms. The standard InChI is InChI=1S/C6H5NO4/c8-4-1-5(7-2-4)11-3-6(9)10/h1-2H,3H2,(H,9,10). The fraction of sp³-hybridized carbons (Fsp3) is 0.167. The summed E-state index contributed by atoms with van der Waals surface area (Å²) in [5, 5.41) is 8.15. The van der Waals surface area contributed by atoms with Crippen LogP contribution in [0.2, 0.25) is 0 Å². The zero-order valence-electron chi connectivity index (χ0n) is 5.48. The van der Waals surface area contributed by atoms with Crippen LogP contribution >= 0.6 is 0 Å². The van der Waals surface area contributed by atoms with E-state index in [1.54, 1.807) is 0 Å². The first-order valence-corrected chi connectivity index (χ1v) is 2.83. The van der Waals surface area contributed by atoms with Gasteiger partial charge in [-0.3, -0.25) is 4.79 Å². The Hall–Kier alpha value is -1.65. The Morgan fingerprint density at radius 3 is 2.91 bits per heavy atom. The minimum Gasteiger partial charge on any atom is -0.479 e. The van der Waals surface area contributed by atoms with Crippen LogP contribution in [0.25, 0.3) is 0 Å². The van der Waals surface area contributed by atoms with Crippen LogP contribution in [0.5, 0.6) is 0 Å². The van der Waals surface area contributed by atoms with E-state index in [1.807, 2.05) is 0 Å². The van der Waals surface area contributed by atoms with Gasteiger partial charge >= 0.3 is 5.97 Å². The molecule has 0 bridgehead atoms. The Morgan fingerprint density at radius 2 is 2.45 bits per heavy atom. The van der Waals surface area contributed by atoms with Crippen LogP contribution in [0.4, 0.5) is 0 Å². The molecule has 0 fully saturated rings. The molecule has 0 aromatic rings. The molecule has 0 aromatic heterocycles. The number of carboxylic acids is 1. The van der Waals surface area contributed by atoms with Crippen molar-refractivity contribution in [3.05, 3.63) is 12.0 Å². The van der Waals surface area contributed by atoms with E-state index < -0.39 is 12.6 Å². The molecule has 1 heterocycles. The zero-order valence-corrected chi connectivity index (χ0v) is 5.48. The molecule has 0 aromatic carbocycles. The third-order valence-electron chi connectivity index (χ3n) is 0.928. The molecule has 5 heteroatoms. The highest BCUT2D eigenvalue weighted by Gasteiger charge is 2.08. The van der Waals surface area contributed by atoms with Crippen molar-refractivity contribution >= 4 is 18.0 Å². The Balaban J connectivity index is 2.40. The van der Waals surface area contributed by atoms with Crippen molar-refractivity contribution in [2.45, 2.75) is 0 Å². The van der Waals surface area contributed by atoms with Crippen LogP contribution in [-0.4, -0.2) is 29.7 Å². The number of carbonyl (C=O) groups is 2. The molecule has 0 unspecified atom stereocenters. The molecule has 0 aliphatic carbocycles. The molecular weight excluding hydrogens is 150 g/mol. The smallest absolute Gasteiger partial charge is 0.341 e. The van der Waals surface area contributed by atoms with Gasteiger partial charge in [-0.2, -0.15) is 0 Å². The highest BCUT2D eigenvalue weighted by molar-refractivity contribution is 6.34. The Labute approximate surface area is 62.0 Å². The number of ketones is 1. The number of hydrogen-bond acceptors (Lipinski definition) is 4. The normalized spacial score (nSPS) is 14.9. The Morgan fingerprint density at radius 1 is 1.73 bits per heavy atom. The number of carboxylic acid groups (broad SMARTS) is 1. The van der Waals surface area contributed by atoms with Gasteiger partial charge in [0.1, 0.15) is 0 Å². The zero-order chi connectivity index (χ0) is 8.27. The molecule has 5 nitrogen and oxygen atoms in total. The second kappa shape index (κ2) is 2.96. The maximum atomic E-state index is 10.4. The van der Waals surface area contributed by atoms with Crippen LogP contribution in [-0.2, 0) is 14.3 Å². The van der Waals surface area contributed by atoms with E-state index in [0.717, 1.165) is 12.3 Å². The van der Waals surface area contributed by atoms with E-state index in [0.29, 0.717) is 0 Å². The average Bonchev–Trinajstić information content (AvgIpc) is 2.31. The number of ether oxygens (including phenoxy) is 1. The average molecular weight is 155 g/mol. The number of aliphatic imine (C=N–C) groups is 1. The van der Waals surface area contributed by atoms with Crippen molar-refractivity contribution in [1.82, 2.24) is 0 Å². The lowest BCUT2D eigenvalue weighted by molar-refractivity contribution is -0.140. The third-order valence-corrected chi connectivity index (χ3v) is 0.928. The van der Waals surface area contributed by atoms with E-state index in [1.165, 1.54) is 0 Å². The number of aliphatic carboxylic acids is 1. The summed E-state index contributed by atoms with van der Waals surface area (Å²) in [6.45, 7) is -0.476. The van der Waals surface area contributed by atoms with Crippen LogP contribution in [0, 0.1) is 0 Å². The predicted octanol–water partition coefficient (Wildman–Crippen LogP) is -0.417. The SMILES string of the molecule is O=C1C=NC(OCC(=O)O)=C1. The quantitative estimate of drug-likeness (QED) is 0.600. The fourth-order valence-electron chi connectivity index (χ4n) is 0.538. The number of carbonyl (C=O) groups excluding carboxylic acids is 1. The van der Waals surface area contributed by atoms with Crippen LogP contribution in [0.3, 0.4) is 0 Å². The number of allylic oxidation sites excluding steroid dienone is 1. The Kier molecular flexibility index (Phi) is 2.00. The minimum atomic E-state index is -1.10. The van der Waals surface area contributed by atoms with E-state index >= 15 is 0 Å². The topological polar surface area (TPSA) is 76.0 Å². The van der Waals surface area contributed by atoms with Gasteiger partial charge in [-0.15, -0.1) is 0 Å². The van der Waals surface area contributed by atoms with Crippen molar-refractivity contribution in [1.29, 1.82) is 0 Å². The molecule has 1 rings (SSSR count). The fourth-order valence-corrected chi connectivity index (χ4v) is 0.538. The van der Waals surface area contributed by atoms with E-state index in [4.69, 9.17) is 5.11 Å². The van der Waals surface area contributed by atoms with Gasteiger partial charge in [-0.25, -0.2) is 9.79 Å². The third kappa shape index (κ3) is 2.21. The van der Waals surface area contributed by atoms with Gasteiger partial charge in [-0.05, 0) is 0 Å². The molecule has 0 saturated carbocycles. The summed E-state index contributed by atoms with van der Waals surface area (Å²) < 4.78 is 4.58. The molecular formula is C6H5NO4. The monoisotopic (exact) mass is 155 g/mol. The molecule has 0 amide bonds. The lowest BCUT2D eigenvalue weighted by atomic mass is 10.4. The lowest BCUT2D eigenvalue weighted by Crippen LogP contribution is -2.05. The summed E-state index contributed by atoms with van der Waals surface area (Å²) in [7, 11) is 0. The highest BCUT2D eigenvalue weighted by Crippen LogP contribution is 2.03. The first-order valence-electron chi connectivity index (χ1n) is 2.83. The lowest BCUT2D eigenvalue weighted by Gasteiger charge is -1.97. The van der Waals surface area contributed by atoms with E-state index in [2.05, 4.69) is 9.73 Å². The number of rotatable bonds is 3. The van der Waals surface area contributed by atoms with Gasteiger partial charge in [0.15, 0.2) is 6.61 Å². The van der Waals surface area contributed by atoms with Crippen LogP contribution in [0.15, 0.2) is 17.0 Å². The first-order chi connectivity index (χ1) is 5.18. The summed E-state index contributed by atoms with van der Waals surface area (Å²) in [5.74, 6) is -1.33. The molecule has 1 N–H and O–H groups in total. The summed E-state index contributed by atoms with van der Waals surface area (Å²) in [4.78, 5) is 23.9. The second-order valence-corrected chi connectivity index (χ2v) is 1.83. The first kappa shape index (κ1) is 7.46. The molecule has 0 atom stereocenters. The van der Waals surface area contributed by atoms with Crippen LogP contribution < -0.4 is 0 Å². The van der Waals surface area contributed by atoms with Gasteiger partial charge in [0.25, 0.3) is 0 Å². The summed E-state index contributed by atoms with van der Waals surface area (Å²) in [6.07, 6.45) is 2.19. The maximum Gasteiger partial charge on any atom is 0.341 e. The van der Waals surface area contributed by atoms with Gasteiger partial charge in [0.05, 0.1) is 6.21 Å². The summed E-state index contributed by atoms with van der Waals surface area (Å²) >= 11 is 0. The van der Waals surface area contributed by atoms with Gasteiger partial charge in [0, 0.05) is 6.08 Å². The van der Waals surface area contributed by atoms with Crippen molar-refractivity contribution in [2.24, 2.45) is 4.99 Å². The number of hydrogen-bond donors (Lipinski definition) is 1. The number of nitrogens with zero attached hydrogens (tertiary/aromatic N) is 1. The highest BCUT2D eigenvalue weighted by atomic mass is 16.5. The molecule has 0 saturated heterocycles. The molecule has 0 spiro atoms. The molecule has 58 valence electrons. The van der Waals surface area contributed by atoms with Crippen LogP contribution in [0.1, 0.15) is 0 Å². The van der Waals surface area contributed by atoms with Crippen molar-refractivity contribution in [2.75, 3.05) is 6.61 Å². The van der Waals surface area contributed by atoms with Gasteiger partial charge in [0.2, 0.25) is 11.7 Å². The van der Waals surface area contributed by atoms with Crippen molar-refractivity contribution < 1.29 is 19.4 Å². The molecule has 1 aliphatic heterocycles.